The van der Waals surface area contributed by atoms with E-state index in [2.05, 4.69) is 88.3 Å². The molecule has 0 aromatic heterocycles. The highest BCUT2D eigenvalue weighted by Crippen LogP contribution is 2.48. The van der Waals surface area contributed by atoms with Crippen LogP contribution in [0, 0.1) is 0 Å². The largest absolute Gasteiger partial charge is 0.371 e. The molecule has 5 rings (SSSR count). The van der Waals surface area contributed by atoms with Crippen molar-refractivity contribution in [2.45, 2.75) is 38.1 Å². The van der Waals surface area contributed by atoms with E-state index in [4.69, 9.17) is 0 Å². The molecular formula is C28H31N3O. The normalized spacial score (nSPS) is 19.2. The average Bonchev–Trinajstić information content (AvgIpc) is 2.84. The Morgan fingerprint density at radius 2 is 1.38 bits per heavy atom. The molecule has 3 aromatic carbocycles. The van der Waals surface area contributed by atoms with Crippen LogP contribution in [-0.4, -0.2) is 25.7 Å². The molecule has 0 bridgehead atoms. The number of nitrogens with one attached hydrogen (secondary N) is 2. The zero-order chi connectivity index (χ0) is 21.9. The number of nitrogens with zero attached hydrogens (tertiary/aromatic N) is 1. The Balaban J connectivity index is 1.60. The highest BCUT2D eigenvalue weighted by molar-refractivity contribution is 5.74. The summed E-state index contributed by atoms with van der Waals surface area (Å²) in [5, 5.41) is 5.87. The van der Waals surface area contributed by atoms with Crippen LogP contribution < -0.4 is 15.5 Å². The van der Waals surface area contributed by atoms with Gasteiger partial charge in [-0.25, -0.2) is 4.79 Å². The van der Waals surface area contributed by atoms with Crippen LogP contribution in [0.15, 0.2) is 72.8 Å². The molecule has 4 heteroatoms. The number of hydrogen-bond acceptors (Lipinski definition) is 2. The number of rotatable bonds is 5. The van der Waals surface area contributed by atoms with Gasteiger partial charge < -0.3 is 15.5 Å². The molecule has 0 spiro atoms. The SMILES string of the molecule is CCNC(=O)NCc1cc2c3c(c1)C(c1ccccc1)CCN3CCC2c1ccccc1. The molecule has 2 amide bonds. The van der Waals surface area contributed by atoms with Gasteiger partial charge in [-0.2, -0.15) is 0 Å². The van der Waals surface area contributed by atoms with Gasteiger partial charge in [0, 0.05) is 43.7 Å². The first-order valence-electron chi connectivity index (χ1n) is 11.8. The summed E-state index contributed by atoms with van der Waals surface area (Å²) >= 11 is 0. The molecule has 4 nitrogen and oxygen atoms in total. The summed E-state index contributed by atoms with van der Waals surface area (Å²) in [7, 11) is 0. The van der Waals surface area contributed by atoms with E-state index in [9.17, 15) is 4.79 Å². The molecule has 2 N–H and O–H groups in total. The minimum Gasteiger partial charge on any atom is -0.371 e. The third kappa shape index (κ3) is 3.97. The molecule has 2 atom stereocenters. The molecule has 0 aliphatic carbocycles. The van der Waals surface area contributed by atoms with Crippen LogP contribution in [0.25, 0.3) is 0 Å². The summed E-state index contributed by atoms with van der Waals surface area (Å²) in [6, 6.07) is 26.3. The zero-order valence-electron chi connectivity index (χ0n) is 18.7. The lowest BCUT2D eigenvalue weighted by molar-refractivity contribution is 0.241. The lowest BCUT2D eigenvalue weighted by atomic mass is 9.76. The monoisotopic (exact) mass is 425 g/mol. The van der Waals surface area contributed by atoms with Crippen molar-refractivity contribution in [2.75, 3.05) is 24.5 Å². The van der Waals surface area contributed by atoms with E-state index >= 15 is 0 Å². The quantitative estimate of drug-likeness (QED) is 0.576. The van der Waals surface area contributed by atoms with Gasteiger partial charge in [-0.1, -0.05) is 72.8 Å². The van der Waals surface area contributed by atoms with E-state index in [-0.39, 0.29) is 6.03 Å². The minimum atomic E-state index is -0.111. The summed E-state index contributed by atoms with van der Waals surface area (Å²) in [6.07, 6.45) is 2.25. The van der Waals surface area contributed by atoms with Crippen LogP contribution in [-0.2, 0) is 6.54 Å². The molecule has 2 aliphatic rings. The van der Waals surface area contributed by atoms with Crippen LogP contribution in [0.5, 0.6) is 0 Å². The Kier molecular flexibility index (Phi) is 5.85. The first-order valence-corrected chi connectivity index (χ1v) is 11.8. The maximum atomic E-state index is 12.1. The summed E-state index contributed by atoms with van der Waals surface area (Å²) in [5.41, 5.74) is 8.18. The van der Waals surface area contributed by atoms with Gasteiger partial charge in [-0.15, -0.1) is 0 Å². The third-order valence-corrected chi connectivity index (χ3v) is 6.87. The molecule has 0 saturated heterocycles. The first kappa shape index (κ1) is 20.6. The van der Waals surface area contributed by atoms with Crippen LogP contribution in [0.4, 0.5) is 10.5 Å². The molecule has 0 radical (unpaired) electrons. The number of hydrogen-bond donors (Lipinski definition) is 2. The first-order chi connectivity index (χ1) is 15.7. The van der Waals surface area contributed by atoms with Crippen LogP contribution in [0.2, 0.25) is 0 Å². The van der Waals surface area contributed by atoms with Gasteiger partial charge in [-0.3, -0.25) is 0 Å². The number of amides is 2. The molecule has 0 saturated carbocycles. The van der Waals surface area contributed by atoms with E-state index in [1.165, 1.54) is 33.5 Å². The fourth-order valence-electron chi connectivity index (χ4n) is 5.43. The fraction of sp³-hybridized carbons (Fsp3) is 0.321. The maximum absolute atomic E-state index is 12.1. The molecule has 0 fully saturated rings. The molecule has 2 heterocycles. The summed E-state index contributed by atoms with van der Waals surface area (Å²) < 4.78 is 0. The lowest BCUT2D eigenvalue weighted by Gasteiger charge is -2.43. The van der Waals surface area contributed by atoms with Gasteiger partial charge in [0.2, 0.25) is 0 Å². The van der Waals surface area contributed by atoms with Crippen molar-refractivity contribution in [1.82, 2.24) is 10.6 Å². The van der Waals surface area contributed by atoms with Gasteiger partial charge in [0.25, 0.3) is 0 Å². The third-order valence-electron chi connectivity index (χ3n) is 6.87. The van der Waals surface area contributed by atoms with Crippen molar-refractivity contribution < 1.29 is 4.79 Å². The Hall–Kier alpha value is -3.27. The zero-order valence-corrected chi connectivity index (χ0v) is 18.7. The van der Waals surface area contributed by atoms with Gasteiger partial charge in [0.15, 0.2) is 0 Å². The molecule has 32 heavy (non-hydrogen) atoms. The fourth-order valence-corrected chi connectivity index (χ4v) is 5.43. The van der Waals surface area contributed by atoms with E-state index < -0.39 is 0 Å². The number of carbonyl (C=O) groups is 1. The van der Waals surface area contributed by atoms with Crippen LogP contribution in [0.3, 0.4) is 0 Å². The number of urea groups is 1. The second-order valence-electron chi connectivity index (χ2n) is 8.83. The Labute approximate surface area is 190 Å². The summed E-state index contributed by atoms with van der Waals surface area (Å²) in [5.74, 6) is 0.778. The highest BCUT2D eigenvalue weighted by atomic mass is 16.2. The smallest absolute Gasteiger partial charge is 0.315 e. The van der Waals surface area contributed by atoms with Crippen molar-refractivity contribution in [3.8, 4) is 0 Å². The van der Waals surface area contributed by atoms with E-state index in [1.807, 2.05) is 6.92 Å². The molecule has 164 valence electrons. The maximum Gasteiger partial charge on any atom is 0.315 e. The van der Waals surface area contributed by atoms with Crippen LogP contribution >= 0.6 is 0 Å². The highest BCUT2D eigenvalue weighted by Gasteiger charge is 2.34. The van der Waals surface area contributed by atoms with Crippen LogP contribution in [0.1, 0.15) is 59.4 Å². The molecule has 3 aromatic rings. The van der Waals surface area contributed by atoms with Gasteiger partial charge in [-0.05, 0) is 47.6 Å². The van der Waals surface area contributed by atoms with E-state index in [0.29, 0.717) is 24.9 Å². The molecule has 2 unspecified atom stereocenters. The number of anilines is 1. The Bertz CT molecular complexity index is 1010. The lowest BCUT2D eigenvalue weighted by Crippen LogP contribution is -2.38. The Morgan fingerprint density at radius 1 is 0.844 bits per heavy atom. The average molecular weight is 426 g/mol. The number of carbonyl (C=O) groups excluding carboxylic acids is 1. The standard InChI is InChI=1S/C28H31N3O/c1-2-29-28(32)30-19-20-17-25-23(21-9-5-3-6-10-21)13-15-31-16-14-24(26(18-20)27(25)31)22-11-7-4-8-12-22/h3-12,17-18,23-24H,2,13-16,19H2,1H3,(H2,29,30,32). The van der Waals surface area contributed by atoms with Crippen molar-refractivity contribution in [3.63, 3.8) is 0 Å². The predicted molar refractivity (Wildman–Crippen MR) is 130 cm³/mol. The van der Waals surface area contributed by atoms with E-state index in [0.717, 1.165) is 25.9 Å². The van der Waals surface area contributed by atoms with E-state index in [1.54, 1.807) is 0 Å². The van der Waals surface area contributed by atoms with Crippen molar-refractivity contribution in [3.05, 3.63) is 101 Å². The van der Waals surface area contributed by atoms with Gasteiger partial charge >= 0.3 is 6.03 Å². The van der Waals surface area contributed by atoms with Gasteiger partial charge in [0.1, 0.15) is 0 Å². The second-order valence-corrected chi connectivity index (χ2v) is 8.83. The van der Waals surface area contributed by atoms with Crippen molar-refractivity contribution in [2.24, 2.45) is 0 Å². The molecular weight excluding hydrogens is 394 g/mol. The van der Waals surface area contributed by atoms with Gasteiger partial charge in [0.05, 0.1) is 0 Å². The minimum absolute atomic E-state index is 0.111. The van der Waals surface area contributed by atoms with Crippen molar-refractivity contribution in [1.29, 1.82) is 0 Å². The van der Waals surface area contributed by atoms with Crippen molar-refractivity contribution >= 4 is 11.7 Å². The Morgan fingerprint density at radius 3 is 1.88 bits per heavy atom. The molecule has 2 aliphatic heterocycles. The predicted octanol–water partition coefficient (Wildman–Crippen LogP) is 5.38. The second kappa shape index (κ2) is 9.07. The summed E-state index contributed by atoms with van der Waals surface area (Å²) in [4.78, 5) is 14.7. The summed E-state index contributed by atoms with van der Waals surface area (Å²) in [6.45, 7) is 5.29. The number of benzene rings is 3. The topological polar surface area (TPSA) is 44.4 Å².